The van der Waals surface area contributed by atoms with Gasteiger partial charge in [-0.2, -0.15) is 4.98 Å². The maximum absolute atomic E-state index is 12.9. The summed E-state index contributed by atoms with van der Waals surface area (Å²) in [7, 11) is 0. The number of nitrogens with zero attached hydrogens (tertiary/aromatic N) is 5. The van der Waals surface area contributed by atoms with Crippen LogP contribution in [0.5, 0.6) is 0 Å². The van der Waals surface area contributed by atoms with Crippen LogP contribution < -0.4 is 16.3 Å². The lowest BCUT2D eigenvalue weighted by Crippen LogP contribution is -2.28. The van der Waals surface area contributed by atoms with E-state index >= 15 is 0 Å². The SMILES string of the molecule is CC(=O)Nc1cccc(NC(=O)Cn2nc3c(-c4nc(-c5cccc(C)c5)no4)cccn3c2=O)c1. The highest BCUT2D eigenvalue weighted by atomic mass is 16.5. The smallest absolute Gasteiger partial charge is 0.333 e. The van der Waals surface area contributed by atoms with E-state index in [2.05, 4.69) is 25.9 Å². The van der Waals surface area contributed by atoms with Crippen LogP contribution in [0.4, 0.5) is 11.4 Å². The Balaban J connectivity index is 1.40. The predicted molar refractivity (Wildman–Crippen MR) is 132 cm³/mol. The number of carbonyl (C=O) groups excluding carboxylic acids is 2. The Morgan fingerprint density at radius 2 is 1.78 bits per heavy atom. The van der Waals surface area contributed by atoms with Gasteiger partial charge in [0.2, 0.25) is 17.6 Å². The van der Waals surface area contributed by atoms with Gasteiger partial charge in [-0.15, -0.1) is 5.10 Å². The number of nitrogens with one attached hydrogen (secondary N) is 2. The third kappa shape index (κ3) is 4.62. The van der Waals surface area contributed by atoms with E-state index in [0.29, 0.717) is 22.8 Å². The van der Waals surface area contributed by atoms with Crippen molar-refractivity contribution in [2.75, 3.05) is 10.6 Å². The van der Waals surface area contributed by atoms with Crippen molar-refractivity contribution < 1.29 is 14.1 Å². The number of carbonyl (C=O) groups is 2. The number of hydrogen-bond donors (Lipinski definition) is 2. The van der Waals surface area contributed by atoms with Gasteiger partial charge in [0.25, 0.3) is 5.89 Å². The summed E-state index contributed by atoms with van der Waals surface area (Å²) in [6, 6.07) is 17.8. The maximum atomic E-state index is 12.9. The first kappa shape index (κ1) is 22.7. The van der Waals surface area contributed by atoms with Crippen molar-refractivity contribution in [3.8, 4) is 22.8 Å². The normalized spacial score (nSPS) is 10.9. The Hall–Kier alpha value is -5.06. The van der Waals surface area contributed by atoms with Crippen molar-refractivity contribution in [3.05, 3.63) is 82.9 Å². The topological polar surface area (TPSA) is 136 Å². The summed E-state index contributed by atoms with van der Waals surface area (Å²) >= 11 is 0. The van der Waals surface area contributed by atoms with Gasteiger partial charge in [-0.3, -0.25) is 9.59 Å². The van der Waals surface area contributed by atoms with Crippen LogP contribution in [0.25, 0.3) is 28.5 Å². The van der Waals surface area contributed by atoms with Gasteiger partial charge in [-0.25, -0.2) is 13.9 Å². The summed E-state index contributed by atoms with van der Waals surface area (Å²) in [5, 5.41) is 13.8. The first-order valence-corrected chi connectivity index (χ1v) is 11.0. The van der Waals surface area contributed by atoms with Crippen LogP contribution in [0.15, 0.2) is 76.2 Å². The third-order valence-corrected chi connectivity index (χ3v) is 5.30. The molecule has 0 atom stereocenters. The number of amides is 2. The molecule has 2 amide bonds. The zero-order valence-electron chi connectivity index (χ0n) is 19.4. The number of anilines is 2. The van der Waals surface area contributed by atoms with E-state index in [4.69, 9.17) is 4.52 Å². The van der Waals surface area contributed by atoms with Crippen molar-refractivity contribution in [2.45, 2.75) is 20.4 Å². The van der Waals surface area contributed by atoms with E-state index in [1.807, 2.05) is 31.2 Å². The molecule has 180 valence electrons. The highest BCUT2D eigenvalue weighted by Gasteiger charge is 2.18. The summed E-state index contributed by atoms with van der Waals surface area (Å²) in [6.45, 7) is 3.05. The molecule has 0 saturated carbocycles. The summed E-state index contributed by atoms with van der Waals surface area (Å²) < 4.78 is 7.84. The third-order valence-electron chi connectivity index (χ3n) is 5.30. The molecule has 0 spiro atoms. The number of aryl methyl sites for hydroxylation is 1. The molecule has 0 radical (unpaired) electrons. The van der Waals surface area contributed by atoms with Gasteiger partial charge in [-0.05, 0) is 43.3 Å². The van der Waals surface area contributed by atoms with Crippen LogP contribution in [-0.2, 0) is 16.1 Å². The first-order chi connectivity index (χ1) is 17.4. The minimum atomic E-state index is -0.493. The summed E-state index contributed by atoms with van der Waals surface area (Å²) in [4.78, 5) is 41.3. The average Bonchev–Trinajstić information content (AvgIpc) is 3.44. The second-order valence-electron chi connectivity index (χ2n) is 8.16. The minimum absolute atomic E-state index is 0.202. The molecule has 5 aromatic rings. The van der Waals surface area contributed by atoms with Crippen LogP contribution >= 0.6 is 0 Å². The molecule has 0 aliphatic heterocycles. The number of aromatic nitrogens is 5. The van der Waals surface area contributed by atoms with Gasteiger partial charge in [0.1, 0.15) is 6.54 Å². The Kier molecular flexibility index (Phi) is 5.87. The molecule has 5 rings (SSSR count). The van der Waals surface area contributed by atoms with E-state index < -0.39 is 11.6 Å². The molecule has 2 N–H and O–H groups in total. The van der Waals surface area contributed by atoms with E-state index in [1.54, 1.807) is 42.6 Å². The number of rotatable bonds is 6. The first-order valence-electron chi connectivity index (χ1n) is 11.0. The van der Waals surface area contributed by atoms with E-state index in [0.717, 1.165) is 15.8 Å². The molecule has 0 bridgehead atoms. The number of pyridine rings is 1. The minimum Gasteiger partial charge on any atom is -0.333 e. The van der Waals surface area contributed by atoms with Crippen molar-refractivity contribution in [2.24, 2.45) is 0 Å². The number of benzene rings is 2. The Labute approximate surface area is 204 Å². The molecule has 2 aromatic carbocycles. The molecule has 36 heavy (non-hydrogen) atoms. The van der Waals surface area contributed by atoms with E-state index in [-0.39, 0.29) is 24.0 Å². The van der Waals surface area contributed by atoms with Crippen LogP contribution in [0.2, 0.25) is 0 Å². The average molecular weight is 483 g/mol. The van der Waals surface area contributed by atoms with Crippen molar-refractivity contribution >= 4 is 28.8 Å². The van der Waals surface area contributed by atoms with Crippen LogP contribution in [-0.4, -0.2) is 36.1 Å². The van der Waals surface area contributed by atoms with Gasteiger partial charge in [0.15, 0.2) is 5.65 Å². The lowest BCUT2D eigenvalue weighted by atomic mass is 10.1. The Morgan fingerprint density at radius 3 is 2.56 bits per heavy atom. The van der Waals surface area contributed by atoms with Gasteiger partial charge in [-0.1, -0.05) is 35.0 Å². The largest absolute Gasteiger partial charge is 0.350 e. The van der Waals surface area contributed by atoms with Gasteiger partial charge in [0.05, 0.1) is 5.56 Å². The fourth-order valence-corrected chi connectivity index (χ4v) is 3.76. The van der Waals surface area contributed by atoms with E-state index in [1.165, 1.54) is 11.3 Å². The van der Waals surface area contributed by atoms with Crippen LogP contribution in [0.3, 0.4) is 0 Å². The van der Waals surface area contributed by atoms with Gasteiger partial charge in [0, 0.05) is 30.1 Å². The monoisotopic (exact) mass is 483 g/mol. The zero-order chi connectivity index (χ0) is 25.2. The second kappa shape index (κ2) is 9.29. The zero-order valence-corrected chi connectivity index (χ0v) is 19.4. The van der Waals surface area contributed by atoms with Crippen LogP contribution in [0, 0.1) is 6.92 Å². The fraction of sp³-hybridized carbons (Fsp3) is 0.120. The fourth-order valence-electron chi connectivity index (χ4n) is 3.76. The van der Waals surface area contributed by atoms with Gasteiger partial charge < -0.3 is 15.2 Å². The van der Waals surface area contributed by atoms with Gasteiger partial charge >= 0.3 is 5.69 Å². The maximum Gasteiger partial charge on any atom is 0.350 e. The highest BCUT2D eigenvalue weighted by molar-refractivity contribution is 5.93. The Bertz CT molecular complexity index is 1660. The summed E-state index contributed by atoms with van der Waals surface area (Å²) in [5.41, 5.74) is 3.13. The van der Waals surface area contributed by atoms with E-state index in [9.17, 15) is 14.4 Å². The molecule has 0 unspecified atom stereocenters. The predicted octanol–water partition coefficient (Wildman–Crippen LogP) is 3.12. The lowest BCUT2D eigenvalue weighted by Gasteiger charge is -2.07. The van der Waals surface area contributed by atoms with Crippen molar-refractivity contribution in [3.63, 3.8) is 0 Å². The molecule has 3 heterocycles. The lowest BCUT2D eigenvalue weighted by molar-refractivity contribution is -0.117. The molecule has 3 aromatic heterocycles. The molecular formula is C25H21N7O4. The van der Waals surface area contributed by atoms with Crippen molar-refractivity contribution in [1.82, 2.24) is 24.3 Å². The quantitative estimate of drug-likeness (QED) is 0.379. The van der Waals surface area contributed by atoms with Crippen LogP contribution in [0.1, 0.15) is 12.5 Å². The summed E-state index contributed by atoms with van der Waals surface area (Å²) in [6.07, 6.45) is 1.55. The van der Waals surface area contributed by atoms with Crippen molar-refractivity contribution in [1.29, 1.82) is 0 Å². The molecule has 0 saturated heterocycles. The molecule has 0 aliphatic carbocycles. The molecule has 0 fully saturated rings. The highest BCUT2D eigenvalue weighted by Crippen LogP contribution is 2.25. The molecule has 11 heteroatoms. The Morgan fingerprint density at radius 1 is 1.00 bits per heavy atom. The summed E-state index contributed by atoms with van der Waals surface area (Å²) in [5.74, 6) is -0.0637. The molecular weight excluding hydrogens is 462 g/mol. The standard InChI is InChI=1S/C25H21N7O4/c1-15-6-3-7-17(12-15)22-28-24(36-30-22)20-10-5-11-31-23(20)29-32(25(31)35)14-21(34)27-19-9-4-8-18(13-19)26-16(2)33/h3-13H,14H2,1-2H3,(H,26,33)(H,27,34). The number of hydrogen-bond acceptors (Lipinski definition) is 7. The second-order valence-corrected chi connectivity index (χ2v) is 8.16. The molecule has 0 aliphatic rings. The number of fused-ring (bicyclic) bond motifs is 1. The molecule has 11 nitrogen and oxygen atoms in total.